The van der Waals surface area contributed by atoms with Gasteiger partial charge in [0.2, 0.25) is 0 Å². The highest BCUT2D eigenvalue weighted by molar-refractivity contribution is 7.17. The Balaban J connectivity index is 1.68. The maximum absolute atomic E-state index is 14.2. The number of carbonyl (C=O) groups is 2. The maximum Gasteiger partial charge on any atom is 0.259 e. The summed E-state index contributed by atoms with van der Waals surface area (Å²) in [5, 5.41) is 3.45. The van der Waals surface area contributed by atoms with E-state index in [0.29, 0.717) is 29.6 Å². The molecule has 7 heteroatoms. The third kappa shape index (κ3) is 4.59. The Morgan fingerprint density at radius 2 is 1.81 bits per heavy atom. The minimum atomic E-state index is -0.564. The van der Waals surface area contributed by atoms with Gasteiger partial charge in [0.25, 0.3) is 11.8 Å². The van der Waals surface area contributed by atoms with Gasteiger partial charge in [-0.2, -0.15) is 0 Å². The lowest BCUT2D eigenvalue weighted by Crippen LogP contribution is -2.47. The van der Waals surface area contributed by atoms with Gasteiger partial charge in [0, 0.05) is 31.1 Å². The molecule has 1 atom stereocenters. The fraction of sp³-hybridized carbons (Fsp3) is 0.520. The number of fused-ring (bicyclic) bond motifs is 1. The van der Waals surface area contributed by atoms with Gasteiger partial charge in [-0.3, -0.25) is 9.59 Å². The van der Waals surface area contributed by atoms with Crippen molar-refractivity contribution < 1.29 is 14.0 Å². The molecule has 2 aliphatic rings. The molecule has 1 aromatic heterocycles. The van der Waals surface area contributed by atoms with Crippen molar-refractivity contribution in [3.8, 4) is 0 Å². The number of amides is 2. The minimum Gasteiger partial charge on any atom is -0.336 e. The molecule has 1 N–H and O–H groups in total. The number of benzene rings is 1. The number of carbonyl (C=O) groups excluding carboxylic acids is 2. The lowest BCUT2D eigenvalue weighted by atomic mass is 9.72. The summed E-state index contributed by atoms with van der Waals surface area (Å²) in [7, 11) is 2.06. The lowest BCUT2D eigenvalue weighted by molar-refractivity contribution is 0.0664. The summed E-state index contributed by atoms with van der Waals surface area (Å²) in [6, 6.07) is 5.95. The third-order valence-electron chi connectivity index (χ3n) is 6.84. The third-order valence-corrected chi connectivity index (χ3v) is 8.01. The van der Waals surface area contributed by atoms with E-state index in [1.165, 1.54) is 28.3 Å². The first-order valence-electron chi connectivity index (χ1n) is 11.3. The summed E-state index contributed by atoms with van der Waals surface area (Å²) >= 11 is 1.49. The molecule has 1 fully saturated rings. The molecule has 2 amide bonds. The Morgan fingerprint density at radius 1 is 1.12 bits per heavy atom. The summed E-state index contributed by atoms with van der Waals surface area (Å²) in [5.41, 5.74) is 1.86. The predicted molar refractivity (Wildman–Crippen MR) is 127 cm³/mol. The van der Waals surface area contributed by atoms with Gasteiger partial charge < -0.3 is 15.1 Å². The minimum absolute atomic E-state index is 0.00978. The molecule has 32 heavy (non-hydrogen) atoms. The standard InChI is InChI=1S/C25H32FN3O2S/c1-25(2,3)16-9-10-18-20(15-16)32-23(27-22(30)17-7-5-6-8-19(17)26)21(18)24(31)29-13-11-28(4)12-14-29/h5-8,16H,9-15H2,1-4H3,(H,27,30)/t16-/m1/s1. The van der Waals surface area contributed by atoms with Gasteiger partial charge in [-0.15, -0.1) is 11.3 Å². The monoisotopic (exact) mass is 457 g/mol. The van der Waals surface area contributed by atoms with Gasteiger partial charge in [0.05, 0.1) is 11.1 Å². The van der Waals surface area contributed by atoms with Gasteiger partial charge in [0.1, 0.15) is 10.8 Å². The molecule has 0 saturated carbocycles. The Morgan fingerprint density at radius 3 is 2.47 bits per heavy atom. The van der Waals surface area contributed by atoms with Gasteiger partial charge in [-0.05, 0) is 55.3 Å². The number of rotatable bonds is 3. The molecule has 1 saturated heterocycles. The van der Waals surface area contributed by atoms with E-state index in [1.807, 2.05) is 4.90 Å². The summed E-state index contributed by atoms with van der Waals surface area (Å²) in [5.74, 6) is -0.573. The molecule has 4 rings (SSSR count). The fourth-order valence-electron chi connectivity index (χ4n) is 4.62. The zero-order valence-electron chi connectivity index (χ0n) is 19.3. The highest BCUT2D eigenvalue weighted by Gasteiger charge is 2.35. The summed E-state index contributed by atoms with van der Waals surface area (Å²) in [6.07, 6.45) is 2.76. The number of nitrogens with one attached hydrogen (secondary N) is 1. The Hall–Kier alpha value is -2.25. The second-order valence-corrected chi connectivity index (χ2v) is 11.1. The highest BCUT2D eigenvalue weighted by atomic mass is 32.1. The number of likely N-dealkylation sites (N-methyl/N-ethyl adjacent to an activating group) is 1. The van der Waals surface area contributed by atoms with Crippen molar-refractivity contribution in [2.24, 2.45) is 11.3 Å². The van der Waals surface area contributed by atoms with E-state index in [-0.39, 0.29) is 16.9 Å². The van der Waals surface area contributed by atoms with Gasteiger partial charge in [-0.1, -0.05) is 32.9 Å². The van der Waals surface area contributed by atoms with Crippen LogP contribution in [0.25, 0.3) is 0 Å². The Labute approximate surface area is 193 Å². The second kappa shape index (κ2) is 8.94. The van der Waals surface area contributed by atoms with Gasteiger partial charge in [-0.25, -0.2) is 4.39 Å². The van der Waals surface area contributed by atoms with Crippen molar-refractivity contribution in [3.05, 3.63) is 51.7 Å². The lowest BCUT2D eigenvalue weighted by Gasteiger charge is -2.35. The number of piperazine rings is 1. The molecule has 0 radical (unpaired) electrons. The van der Waals surface area contributed by atoms with Crippen molar-refractivity contribution in [2.45, 2.75) is 40.0 Å². The molecule has 2 aromatic rings. The molecule has 1 aliphatic heterocycles. The van der Waals surface area contributed by atoms with Crippen LogP contribution in [0.5, 0.6) is 0 Å². The first-order chi connectivity index (χ1) is 15.1. The quantitative estimate of drug-likeness (QED) is 0.728. The average Bonchev–Trinajstić information content (AvgIpc) is 3.10. The first-order valence-corrected chi connectivity index (χ1v) is 12.1. The summed E-state index contributed by atoms with van der Waals surface area (Å²) in [6.45, 7) is 9.78. The van der Waals surface area contributed by atoms with Crippen LogP contribution in [0.1, 0.15) is 58.3 Å². The van der Waals surface area contributed by atoms with E-state index in [1.54, 1.807) is 12.1 Å². The predicted octanol–water partition coefficient (Wildman–Crippen LogP) is 4.68. The number of hydrogen-bond donors (Lipinski definition) is 1. The normalized spacial score (nSPS) is 19.5. The topological polar surface area (TPSA) is 52.6 Å². The van der Waals surface area contributed by atoms with E-state index < -0.39 is 11.7 Å². The van der Waals surface area contributed by atoms with Crippen molar-refractivity contribution in [3.63, 3.8) is 0 Å². The molecular weight excluding hydrogens is 425 g/mol. The van der Waals surface area contributed by atoms with Crippen LogP contribution in [-0.4, -0.2) is 54.8 Å². The first kappa shape index (κ1) is 22.9. The van der Waals surface area contributed by atoms with Crippen LogP contribution in [0.4, 0.5) is 9.39 Å². The molecule has 0 bridgehead atoms. The fourth-order valence-corrected chi connectivity index (χ4v) is 5.94. The zero-order valence-corrected chi connectivity index (χ0v) is 20.2. The van der Waals surface area contributed by atoms with E-state index in [2.05, 4.69) is 38.0 Å². The van der Waals surface area contributed by atoms with Crippen LogP contribution in [0, 0.1) is 17.2 Å². The van der Waals surface area contributed by atoms with Crippen LogP contribution in [0.15, 0.2) is 24.3 Å². The number of thiophene rings is 1. The SMILES string of the molecule is CN1CCN(C(=O)c2c(NC(=O)c3ccccc3F)sc3c2CC[C@@H](C(C)(C)C)C3)CC1. The molecular formula is C25H32FN3O2S. The van der Waals surface area contributed by atoms with Gasteiger partial charge >= 0.3 is 0 Å². The number of anilines is 1. The number of nitrogens with zero attached hydrogens (tertiary/aromatic N) is 2. The van der Waals surface area contributed by atoms with Crippen molar-refractivity contribution >= 4 is 28.2 Å². The van der Waals surface area contributed by atoms with Crippen LogP contribution in [-0.2, 0) is 12.8 Å². The van der Waals surface area contributed by atoms with Crippen LogP contribution >= 0.6 is 11.3 Å². The van der Waals surface area contributed by atoms with Crippen LogP contribution < -0.4 is 5.32 Å². The average molecular weight is 458 g/mol. The number of halogens is 1. The highest BCUT2D eigenvalue weighted by Crippen LogP contribution is 2.44. The van der Waals surface area contributed by atoms with E-state index >= 15 is 0 Å². The molecule has 172 valence electrons. The summed E-state index contributed by atoms with van der Waals surface area (Å²) < 4.78 is 14.2. The van der Waals surface area contributed by atoms with Gasteiger partial charge in [0.15, 0.2) is 0 Å². The molecule has 2 heterocycles. The Bertz CT molecular complexity index is 1020. The van der Waals surface area contributed by atoms with E-state index in [0.717, 1.165) is 37.9 Å². The maximum atomic E-state index is 14.2. The van der Waals surface area contributed by atoms with Crippen LogP contribution in [0.3, 0.4) is 0 Å². The Kier molecular flexibility index (Phi) is 6.41. The molecule has 0 unspecified atom stereocenters. The van der Waals surface area contributed by atoms with E-state index in [9.17, 15) is 14.0 Å². The molecule has 1 aromatic carbocycles. The molecule has 5 nitrogen and oxygen atoms in total. The largest absolute Gasteiger partial charge is 0.336 e. The zero-order chi connectivity index (χ0) is 23.0. The van der Waals surface area contributed by atoms with Crippen LogP contribution in [0.2, 0.25) is 0 Å². The van der Waals surface area contributed by atoms with E-state index in [4.69, 9.17) is 0 Å². The summed E-state index contributed by atoms with van der Waals surface area (Å²) in [4.78, 5) is 31.8. The molecule has 0 spiro atoms. The van der Waals surface area contributed by atoms with Crippen molar-refractivity contribution in [1.82, 2.24) is 9.80 Å². The van der Waals surface area contributed by atoms with Crippen molar-refractivity contribution in [1.29, 1.82) is 0 Å². The second-order valence-electron chi connectivity index (χ2n) is 10.0. The van der Waals surface area contributed by atoms with Crippen molar-refractivity contribution in [2.75, 3.05) is 38.5 Å². The smallest absolute Gasteiger partial charge is 0.259 e. The molecule has 1 aliphatic carbocycles. The number of hydrogen-bond acceptors (Lipinski definition) is 4.